The van der Waals surface area contributed by atoms with Gasteiger partial charge in [-0.2, -0.15) is 0 Å². The van der Waals surface area contributed by atoms with Crippen LogP contribution < -0.4 is 15.5 Å². The Balaban J connectivity index is 1.68. The van der Waals surface area contributed by atoms with Gasteiger partial charge in [0.15, 0.2) is 0 Å². The van der Waals surface area contributed by atoms with Crippen LogP contribution in [0, 0.1) is 6.92 Å². The fraction of sp³-hybridized carbons (Fsp3) is 0.333. The molecular formula is C15H19N5. The summed E-state index contributed by atoms with van der Waals surface area (Å²) in [5.41, 5.74) is 7.47. The van der Waals surface area contributed by atoms with Crippen LogP contribution in [0.2, 0.25) is 0 Å². The lowest BCUT2D eigenvalue weighted by Crippen LogP contribution is -2.47. The Labute approximate surface area is 119 Å². The zero-order valence-corrected chi connectivity index (χ0v) is 11.7. The van der Waals surface area contributed by atoms with Crippen molar-refractivity contribution in [1.29, 1.82) is 0 Å². The normalized spacial score (nSPS) is 15.4. The third-order valence-corrected chi connectivity index (χ3v) is 3.69. The van der Waals surface area contributed by atoms with Gasteiger partial charge in [0.25, 0.3) is 0 Å². The minimum atomic E-state index is 0.751. The molecule has 0 radical (unpaired) electrons. The molecule has 0 bridgehead atoms. The molecule has 2 aromatic heterocycles. The van der Waals surface area contributed by atoms with Crippen molar-refractivity contribution in [3.05, 3.63) is 42.2 Å². The molecule has 1 aliphatic heterocycles. The maximum atomic E-state index is 5.82. The quantitative estimate of drug-likeness (QED) is 0.899. The largest absolute Gasteiger partial charge is 0.397 e. The van der Waals surface area contributed by atoms with E-state index in [1.165, 1.54) is 0 Å². The Morgan fingerprint density at radius 3 is 2.25 bits per heavy atom. The Hall–Kier alpha value is -2.30. The molecule has 0 atom stereocenters. The van der Waals surface area contributed by atoms with Crippen LogP contribution in [0.5, 0.6) is 0 Å². The van der Waals surface area contributed by atoms with Gasteiger partial charge in [-0.1, -0.05) is 6.07 Å². The van der Waals surface area contributed by atoms with Crippen molar-refractivity contribution in [2.45, 2.75) is 6.92 Å². The van der Waals surface area contributed by atoms with Crippen LogP contribution in [0.1, 0.15) is 5.69 Å². The Morgan fingerprint density at radius 1 is 0.950 bits per heavy atom. The SMILES string of the molecule is Cc1nc(N2CCN(c3ccccn3)CC2)ccc1N. The molecule has 0 spiro atoms. The zero-order chi connectivity index (χ0) is 13.9. The second kappa shape index (κ2) is 5.36. The van der Waals surface area contributed by atoms with Gasteiger partial charge in [-0.05, 0) is 31.2 Å². The number of anilines is 3. The molecule has 0 unspecified atom stereocenters. The topological polar surface area (TPSA) is 58.3 Å². The van der Waals surface area contributed by atoms with E-state index in [0.29, 0.717) is 0 Å². The van der Waals surface area contributed by atoms with Crippen molar-refractivity contribution in [2.75, 3.05) is 41.7 Å². The molecule has 1 fully saturated rings. The second-order valence-electron chi connectivity index (χ2n) is 5.01. The van der Waals surface area contributed by atoms with Gasteiger partial charge in [0.1, 0.15) is 11.6 Å². The average molecular weight is 269 g/mol. The molecular weight excluding hydrogens is 250 g/mol. The predicted molar refractivity (Wildman–Crippen MR) is 82.0 cm³/mol. The van der Waals surface area contributed by atoms with Crippen LogP contribution in [-0.4, -0.2) is 36.1 Å². The lowest BCUT2D eigenvalue weighted by molar-refractivity contribution is 0.641. The highest BCUT2D eigenvalue weighted by atomic mass is 15.3. The maximum absolute atomic E-state index is 5.82. The van der Waals surface area contributed by atoms with Gasteiger partial charge in [-0.15, -0.1) is 0 Å². The number of hydrogen-bond acceptors (Lipinski definition) is 5. The summed E-state index contributed by atoms with van der Waals surface area (Å²) < 4.78 is 0. The summed E-state index contributed by atoms with van der Waals surface area (Å²) in [4.78, 5) is 13.6. The summed E-state index contributed by atoms with van der Waals surface area (Å²) in [5.74, 6) is 2.06. The van der Waals surface area contributed by atoms with Crippen molar-refractivity contribution in [3.8, 4) is 0 Å². The molecule has 0 saturated carbocycles. The van der Waals surface area contributed by atoms with Gasteiger partial charge < -0.3 is 15.5 Å². The van der Waals surface area contributed by atoms with Crippen molar-refractivity contribution < 1.29 is 0 Å². The molecule has 3 rings (SSSR count). The highest BCUT2D eigenvalue weighted by molar-refractivity contribution is 5.51. The lowest BCUT2D eigenvalue weighted by atomic mass is 10.2. The summed E-state index contributed by atoms with van der Waals surface area (Å²) >= 11 is 0. The first-order chi connectivity index (χ1) is 9.74. The first kappa shape index (κ1) is 12.7. The molecule has 0 aromatic carbocycles. The highest BCUT2D eigenvalue weighted by Gasteiger charge is 2.19. The first-order valence-corrected chi connectivity index (χ1v) is 6.88. The van der Waals surface area contributed by atoms with Gasteiger partial charge in [0.2, 0.25) is 0 Å². The van der Waals surface area contributed by atoms with Crippen molar-refractivity contribution >= 4 is 17.3 Å². The molecule has 3 heterocycles. The van der Waals surface area contributed by atoms with E-state index < -0.39 is 0 Å². The minimum Gasteiger partial charge on any atom is -0.397 e. The zero-order valence-electron chi connectivity index (χ0n) is 11.7. The van der Waals surface area contributed by atoms with E-state index >= 15 is 0 Å². The van der Waals surface area contributed by atoms with Crippen LogP contribution in [-0.2, 0) is 0 Å². The first-order valence-electron chi connectivity index (χ1n) is 6.88. The van der Waals surface area contributed by atoms with Gasteiger partial charge >= 0.3 is 0 Å². The van der Waals surface area contributed by atoms with Crippen molar-refractivity contribution in [3.63, 3.8) is 0 Å². The van der Waals surface area contributed by atoms with Crippen LogP contribution in [0.3, 0.4) is 0 Å². The number of aromatic nitrogens is 2. The number of rotatable bonds is 2. The van der Waals surface area contributed by atoms with E-state index in [-0.39, 0.29) is 0 Å². The molecule has 1 saturated heterocycles. The standard InChI is InChI=1S/C15H19N5/c1-12-13(16)5-6-15(18-12)20-10-8-19(9-11-20)14-4-2-3-7-17-14/h2-7H,8-11,16H2,1H3. The van der Waals surface area contributed by atoms with E-state index in [0.717, 1.165) is 49.2 Å². The van der Waals surface area contributed by atoms with Crippen LogP contribution >= 0.6 is 0 Å². The number of nitrogens with zero attached hydrogens (tertiary/aromatic N) is 4. The summed E-state index contributed by atoms with van der Waals surface area (Å²) in [5, 5.41) is 0. The predicted octanol–water partition coefficient (Wildman–Crippen LogP) is 1.69. The second-order valence-corrected chi connectivity index (χ2v) is 5.01. The highest BCUT2D eigenvalue weighted by Crippen LogP contribution is 2.19. The Kier molecular flexibility index (Phi) is 3.41. The summed E-state index contributed by atoms with van der Waals surface area (Å²) in [7, 11) is 0. The molecule has 5 nitrogen and oxygen atoms in total. The van der Waals surface area contributed by atoms with Crippen LogP contribution in [0.15, 0.2) is 36.5 Å². The van der Waals surface area contributed by atoms with Gasteiger partial charge in [-0.25, -0.2) is 9.97 Å². The molecule has 20 heavy (non-hydrogen) atoms. The van der Waals surface area contributed by atoms with E-state index in [1.807, 2.05) is 37.4 Å². The van der Waals surface area contributed by atoms with Crippen molar-refractivity contribution in [2.24, 2.45) is 0 Å². The van der Waals surface area contributed by atoms with Crippen LogP contribution in [0.25, 0.3) is 0 Å². The number of nitrogen functional groups attached to an aromatic ring is 1. The number of hydrogen-bond donors (Lipinski definition) is 1. The molecule has 0 aliphatic carbocycles. The molecule has 5 heteroatoms. The van der Waals surface area contributed by atoms with Crippen molar-refractivity contribution in [1.82, 2.24) is 9.97 Å². The van der Waals surface area contributed by atoms with E-state index in [9.17, 15) is 0 Å². The van der Waals surface area contributed by atoms with E-state index in [1.54, 1.807) is 0 Å². The summed E-state index contributed by atoms with van der Waals surface area (Å²) in [6.45, 7) is 5.77. The van der Waals surface area contributed by atoms with Crippen LogP contribution in [0.4, 0.5) is 17.3 Å². The number of nitrogens with two attached hydrogens (primary N) is 1. The third kappa shape index (κ3) is 2.52. The summed E-state index contributed by atoms with van der Waals surface area (Å²) in [6.07, 6.45) is 1.84. The van der Waals surface area contributed by atoms with Gasteiger partial charge in [0, 0.05) is 32.4 Å². The Bertz CT molecular complexity index is 576. The molecule has 104 valence electrons. The minimum absolute atomic E-state index is 0.751. The smallest absolute Gasteiger partial charge is 0.129 e. The van der Waals surface area contributed by atoms with Gasteiger partial charge in [0.05, 0.1) is 11.4 Å². The Morgan fingerprint density at radius 2 is 1.65 bits per heavy atom. The third-order valence-electron chi connectivity index (χ3n) is 3.69. The maximum Gasteiger partial charge on any atom is 0.129 e. The average Bonchev–Trinajstić information content (AvgIpc) is 2.51. The summed E-state index contributed by atoms with van der Waals surface area (Å²) in [6, 6.07) is 9.96. The fourth-order valence-electron chi connectivity index (χ4n) is 2.44. The van der Waals surface area contributed by atoms with Gasteiger partial charge in [-0.3, -0.25) is 0 Å². The molecule has 0 amide bonds. The lowest BCUT2D eigenvalue weighted by Gasteiger charge is -2.36. The molecule has 1 aliphatic rings. The monoisotopic (exact) mass is 269 g/mol. The molecule has 2 aromatic rings. The number of pyridine rings is 2. The fourth-order valence-corrected chi connectivity index (χ4v) is 2.44. The molecule has 2 N–H and O–H groups in total. The number of aryl methyl sites for hydroxylation is 1. The van der Waals surface area contributed by atoms with E-state index in [2.05, 4.69) is 25.8 Å². The van der Waals surface area contributed by atoms with E-state index in [4.69, 9.17) is 5.73 Å². The number of piperazine rings is 1.